The maximum Gasteiger partial charge on any atom is 0.252 e. The molecule has 2 saturated heterocycles. The topological polar surface area (TPSA) is 88.2 Å². The molecule has 1 aromatic carbocycles. The van der Waals surface area contributed by atoms with E-state index in [1.807, 2.05) is 4.90 Å². The molecule has 2 fully saturated rings. The Morgan fingerprint density at radius 1 is 1.09 bits per heavy atom. The lowest BCUT2D eigenvalue weighted by molar-refractivity contribution is -0.140. The van der Waals surface area contributed by atoms with Gasteiger partial charge in [-0.1, -0.05) is 26.8 Å². The van der Waals surface area contributed by atoms with Crippen LogP contribution in [0.4, 0.5) is 0 Å². The summed E-state index contributed by atoms with van der Waals surface area (Å²) >= 11 is 0. The van der Waals surface area contributed by atoms with Crippen LogP contribution in [0.2, 0.25) is 0 Å². The van der Waals surface area contributed by atoms with Gasteiger partial charge in [-0.3, -0.25) is 14.4 Å². The fourth-order valence-corrected chi connectivity index (χ4v) is 4.40. The van der Waals surface area contributed by atoms with Gasteiger partial charge in [0.1, 0.15) is 11.8 Å². The number of morpholine rings is 1. The van der Waals surface area contributed by atoms with Crippen LogP contribution in [0.3, 0.4) is 0 Å². The van der Waals surface area contributed by atoms with Crippen molar-refractivity contribution in [1.29, 1.82) is 0 Å². The zero-order valence-corrected chi connectivity index (χ0v) is 20.3. The van der Waals surface area contributed by atoms with Crippen LogP contribution in [0.25, 0.3) is 0 Å². The Morgan fingerprint density at radius 2 is 1.76 bits per heavy atom. The highest BCUT2D eigenvalue weighted by molar-refractivity contribution is 5.98. The first-order valence-corrected chi connectivity index (χ1v) is 11.8. The van der Waals surface area contributed by atoms with E-state index in [1.165, 1.54) is 0 Å². The first-order chi connectivity index (χ1) is 15.7. The van der Waals surface area contributed by atoms with Gasteiger partial charge in [0.2, 0.25) is 11.8 Å². The van der Waals surface area contributed by atoms with Crippen molar-refractivity contribution >= 4 is 17.7 Å². The monoisotopic (exact) mass is 459 g/mol. The van der Waals surface area contributed by atoms with E-state index in [2.05, 4.69) is 26.1 Å². The number of piperidine rings is 1. The number of carbonyl (C=O) groups is 3. The van der Waals surface area contributed by atoms with E-state index in [4.69, 9.17) is 9.47 Å². The first kappa shape index (κ1) is 25.0. The zero-order chi connectivity index (χ0) is 24.0. The van der Waals surface area contributed by atoms with Gasteiger partial charge >= 0.3 is 0 Å². The maximum atomic E-state index is 13.4. The van der Waals surface area contributed by atoms with Crippen molar-refractivity contribution in [3.63, 3.8) is 0 Å². The molecule has 3 rings (SSSR count). The highest BCUT2D eigenvalue weighted by Crippen LogP contribution is 2.26. The van der Waals surface area contributed by atoms with Crippen molar-refractivity contribution in [3.05, 3.63) is 29.8 Å². The minimum atomic E-state index is -0.637. The predicted octanol–water partition coefficient (Wildman–Crippen LogP) is 2.33. The molecule has 0 bridgehead atoms. The molecule has 2 aliphatic heterocycles. The van der Waals surface area contributed by atoms with Gasteiger partial charge in [-0.05, 0) is 42.4 Å². The van der Waals surface area contributed by atoms with Crippen molar-refractivity contribution in [3.8, 4) is 5.75 Å². The summed E-state index contributed by atoms with van der Waals surface area (Å²) in [6.07, 6.45) is 1.85. The molecule has 0 aliphatic carbocycles. The summed E-state index contributed by atoms with van der Waals surface area (Å²) in [6, 6.07) is 6.27. The lowest BCUT2D eigenvalue weighted by atomic mass is 9.86. The average molecular weight is 460 g/mol. The molecule has 33 heavy (non-hydrogen) atoms. The number of nitrogens with one attached hydrogen (secondary N) is 1. The third kappa shape index (κ3) is 6.93. The summed E-state index contributed by atoms with van der Waals surface area (Å²) in [5, 5.41) is 3.00. The van der Waals surface area contributed by atoms with Crippen LogP contribution in [0, 0.1) is 11.3 Å². The average Bonchev–Trinajstić information content (AvgIpc) is 2.81. The van der Waals surface area contributed by atoms with Crippen LogP contribution < -0.4 is 10.1 Å². The maximum absolute atomic E-state index is 13.4. The summed E-state index contributed by atoms with van der Waals surface area (Å²) in [5.74, 6) is 0.330. The summed E-state index contributed by atoms with van der Waals surface area (Å²) in [6.45, 7) is 9.42. The quantitative estimate of drug-likeness (QED) is 0.705. The van der Waals surface area contributed by atoms with Gasteiger partial charge in [0.25, 0.3) is 5.91 Å². The van der Waals surface area contributed by atoms with E-state index in [-0.39, 0.29) is 29.1 Å². The number of hydrogen-bond acceptors (Lipinski definition) is 5. The molecule has 0 saturated carbocycles. The van der Waals surface area contributed by atoms with E-state index in [0.717, 1.165) is 0 Å². The Hall–Kier alpha value is -2.61. The summed E-state index contributed by atoms with van der Waals surface area (Å²) in [4.78, 5) is 42.8. The van der Waals surface area contributed by atoms with E-state index >= 15 is 0 Å². The molecule has 8 heteroatoms. The highest BCUT2D eigenvalue weighted by atomic mass is 16.5. The Labute approximate surface area is 196 Å². The number of likely N-dealkylation sites (tertiary alicyclic amines) is 1. The largest absolute Gasteiger partial charge is 0.497 e. The lowest BCUT2D eigenvalue weighted by Crippen LogP contribution is -2.56. The number of amides is 3. The number of nitrogens with zero attached hydrogens (tertiary/aromatic N) is 2. The van der Waals surface area contributed by atoms with Gasteiger partial charge in [0, 0.05) is 38.2 Å². The molecule has 1 N–H and O–H groups in total. The molecular weight excluding hydrogens is 422 g/mol. The standard InChI is InChI=1S/C25H37N3O5/c1-25(2,3)17-21(29)27-10-8-18(9-11-27)22(24(31)28-12-14-33-15-13-28)26-23(30)19-6-5-7-20(16-19)32-4/h5-7,16,18,22H,8-15,17H2,1-4H3,(H,26,30). The molecule has 1 unspecified atom stereocenters. The molecular formula is C25H37N3O5. The third-order valence-electron chi connectivity index (χ3n) is 6.25. The molecule has 0 radical (unpaired) electrons. The van der Waals surface area contributed by atoms with Crippen molar-refractivity contribution in [1.82, 2.24) is 15.1 Å². The minimum Gasteiger partial charge on any atom is -0.497 e. The second-order valence-corrected chi connectivity index (χ2v) is 10.1. The number of rotatable bonds is 6. The lowest BCUT2D eigenvalue weighted by Gasteiger charge is -2.39. The molecule has 0 spiro atoms. The van der Waals surface area contributed by atoms with Gasteiger partial charge in [-0.15, -0.1) is 0 Å². The number of benzene rings is 1. The highest BCUT2D eigenvalue weighted by Gasteiger charge is 2.37. The number of hydrogen-bond donors (Lipinski definition) is 1. The second kappa shape index (κ2) is 11.0. The number of carbonyl (C=O) groups excluding carboxylic acids is 3. The van der Waals surface area contributed by atoms with Crippen molar-refractivity contribution < 1.29 is 23.9 Å². The molecule has 2 heterocycles. The first-order valence-electron chi connectivity index (χ1n) is 11.8. The Bertz CT molecular complexity index is 837. The Kier molecular flexibility index (Phi) is 8.35. The van der Waals surface area contributed by atoms with E-state index in [9.17, 15) is 14.4 Å². The summed E-state index contributed by atoms with van der Waals surface area (Å²) < 4.78 is 10.6. The van der Waals surface area contributed by atoms with Crippen molar-refractivity contribution in [2.45, 2.75) is 46.1 Å². The fraction of sp³-hybridized carbons (Fsp3) is 0.640. The zero-order valence-electron chi connectivity index (χ0n) is 20.3. The van der Waals surface area contributed by atoms with Crippen molar-refractivity contribution in [2.75, 3.05) is 46.5 Å². The molecule has 1 aromatic rings. The predicted molar refractivity (Wildman–Crippen MR) is 125 cm³/mol. The molecule has 0 aromatic heterocycles. The number of methoxy groups -OCH3 is 1. The van der Waals surface area contributed by atoms with Crippen molar-refractivity contribution in [2.24, 2.45) is 11.3 Å². The summed E-state index contributed by atoms with van der Waals surface area (Å²) in [5.41, 5.74) is 0.389. The van der Waals surface area contributed by atoms with E-state index in [1.54, 1.807) is 36.3 Å². The van der Waals surface area contributed by atoms with Crippen LogP contribution >= 0.6 is 0 Å². The SMILES string of the molecule is COc1cccc(C(=O)NC(C(=O)N2CCOCC2)C2CCN(C(=O)CC(C)(C)C)CC2)c1. The Balaban J connectivity index is 1.71. The smallest absolute Gasteiger partial charge is 0.252 e. The van der Waals surface area contributed by atoms with Gasteiger partial charge in [0.15, 0.2) is 0 Å². The number of ether oxygens (including phenoxy) is 2. The summed E-state index contributed by atoms with van der Waals surface area (Å²) in [7, 11) is 1.55. The molecule has 2 aliphatic rings. The molecule has 3 amide bonds. The normalized spacial score (nSPS) is 18.5. The van der Waals surface area contributed by atoms with E-state index < -0.39 is 6.04 Å². The third-order valence-corrected chi connectivity index (χ3v) is 6.25. The van der Waals surface area contributed by atoms with Crippen LogP contribution in [0.5, 0.6) is 5.75 Å². The molecule has 8 nitrogen and oxygen atoms in total. The van der Waals surface area contributed by atoms with Gasteiger partial charge in [-0.2, -0.15) is 0 Å². The van der Waals surface area contributed by atoms with Crippen LogP contribution in [0.15, 0.2) is 24.3 Å². The van der Waals surface area contributed by atoms with Gasteiger partial charge in [0.05, 0.1) is 20.3 Å². The Morgan fingerprint density at radius 3 is 2.36 bits per heavy atom. The fourth-order valence-electron chi connectivity index (χ4n) is 4.40. The molecule has 1 atom stereocenters. The van der Waals surface area contributed by atoms with Gasteiger partial charge < -0.3 is 24.6 Å². The molecule has 182 valence electrons. The van der Waals surface area contributed by atoms with Crippen LogP contribution in [-0.4, -0.2) is 80.1 Å². The van der Waals surface area contributed by atoms with Crippen LogP contribution in [-0.2, 0) is 14.3 Å². The van der Waals surface area contributed by atoms with Gasteiger partial charge in [-0.25, -0.2) is 0 Å². The second-order valence-electron chi connectivity index (χ2n) is 10.1. The minimum absolute atomic E-state index is 0.0337. The van der Waals surface area contributed by atoms with Crippen LogP contribution in [0.1, 0.15) is 50.4 Å². The van der Waals surface area contributed by atoms with E-state index in [0.29, 0.717) is 70.0 Å².